The summed E-state index contributed by atoms with van der Waals surface area (Å²) in [6.07, 6.45) is -0.426. The zero-order chi connectivity index (χ0) is 16.5. The Kier molecular flexibility index (Phi) is 7.08. The Morgan fingerprint density at radius 1 is 1.14 bits per heavy atom. The van der Waals surface area contributed by atoms with Gasteiger partial charge >= 0.3 is 5.97 Å². The Morgan fingerprint density at radius 2 is 1.77 bits per heavy atom. The van der Waals surface area contributed by atoms with Gasteiger partial charge in [0.2, 0.25) is 0 Å². The predicted molar refractivity (Wildman–Crippen MR) is 80.8 cm³/mol. The van der Waals surface area contributed by atoms with Crippen LogP contribution in [0.2, 0.25) is 0 Å². The molecule has 1 rings (SSSR count). The van der Waals surface area contributed by atoms with Gasteiger partial charge in [-0.05, 0) is 38.1 Å². The van der Waals surface area contributed by atoms with Crippen LogP contribution < -0.4 is 10.1 Å². The van der Waals surface area contributed by atoms with Crippen molar-refractivity contribution in [3.63, 3.8) is 0 Å². The number of carbonyl (C=O) groups is 3. The summed E-state index contributed by atoms with van der Waals surface area (Å²) >= 11 is 0. The molecule has 22 heavy (non-hydrogen) atoms. The largest absolute Gasteiger partial charge is 0.482 e. The Hall–Kier alpha value is -2.37. The van der Waals surface area contributed by atoms with Crippen molar-refractivity contribution in [3.8, 4) is 5.75 Å². The van der Waals surface area contributed by atoms with Crippen LogP contribution in [0, 0.1) is 0 Å². The summed E-state index contributed by atoms with van der Waals surface area (Å²) in [6.45, 7) is 5.24. The van der Waals surface area contributed by atoms with Gasteiger partial charge in [-0.3, -0.25) is 9.59 Å². The molecular formula is C16H21NO5. The van der Waals surface area contributed by atoms with Crippen molar-refractivity contribution in [3.05, 3.63) is 29.8 Å². The highest BCUT2D eigenvalue weighted by Gasteiger charge is 2.17. The van der Waals surface area contributed by atoms with Gasteiger partial charge in [0.05, 0.1) is 0 Å². The number of Topliss-reactive ketones (excluding diaryl/α,β-unsaturated/α-hetero) is 1. The van der Waals surface area contributed by atoms with E-state index in [-0.39, 0.29) is 18.3 Å². The number of esters is 1. The van der Waals surface area contributed by atoms with E-state index in [1.807, 2.05) is 0 Å². The normalized spacial score (nSPS) is 11.4. The maximum atomic E-state index is 11.6. The molecule has 0 aromatic heterocycles. The topological polar surface area (TPSA) is 81.7 Å². The minimum atomic E-state index is -0.861. The smallest absolute Gasteiger partial charge is 0.344 e. The van der Waals surface area contributed by atoms with Crippen LogP contribution in [0.25, 0.3) is 0 Å². The average Bonchev–Trinajstić information content (AvgIpc) is 2.52. The molecular weight excluding hydrogens is 286 g/mol. The standard InChI is InChI=1S/C16H21NO5/c1-4-14(18)12-6-8-13(9-7-12)21-10-15(19)22-11(3)16(20)17-5-2/h6-9,11H,4-5,10H2,1-3H3,(H,17,20)/t11-/m1/s1. The molecule has 0 aliphatic rings. The van der Waals surface area contributed by atoms with Crippen molar-refractivity contribution in [2.75, 3.05) is 13.2 Å². The second-order valence-electron chi connectivity index (χ2n) is 4.62. The second-order valence-corrected chi connectivity index (χ2v) is 4.62. The Labute approximate surface area is 129 Å². The Morgan fingerprint density at radius 3 is 2.32 bits per heavy atom. The van der Waals surface area contributed by atoms with Gasteiger partial charge in [0.1, 0.15) is 5.75 Å². The molecule has 1 N–H and O–H groups in total. The zero-order valence-corrected chi connectivity index (χ0v) is 13.0. The van der Waals surface area contributed by atoms with E-state index in [2.05, 4.69) is 5.32 Å². The molecule has 120 valence electrons. The first-order valence-electron chi connectivity index (χ1n) is 7.21. The molecule has 0 unspecified atom stereocenters. The quantitative estimate of drug-likeness (QED) is 0.584. The SMILES string of the molecule is CCNC(=O)[C@@H](C)OC(=O)COc1ccc(C(=O)CC)cc1. The first-order valence-corrected chi connectivity index (χ1v) is 7.21. The molecule has 6 heteroatoms. The van der Waals surface area contributed by atoms with Gasteiger partial charge in [0, 0.05) is 18.5 Å². The minimum absolute atomic E-state index is 0.0433. The lowest BCUT2D eigenvalue weighted by Crippen LogP contribution is -2.36. The lowest BCUT2D eigenvalue weighted by Gasteiger charge is -2.13. The van der Waals surface area contributed by atoms with E-state index >= 15 is 0 Å². The lowest BCUT2D eigenvalue weighted by molar-refractivity contribution is -0.156. The summed E-state index contributed by atoms with van der Waals surface area (Å²) in [5, 5.41) is 2.56. The van der Waals surface area contributed by atoms with Crippen LogP contribution in [0.1, 0.15) is 37.6 Å². The molecule has 0 spiro atoms. The van der Waals surface area contributed by atoms with Crippen LogP contribution in [0.3, 0.4) is 0 Å². The van der Waals surface area contributed by atoms with E-state index in [0.717, 1.165) is 0 Å². The third-order valence-electron chi connectivity index (χ3n) is 2.88. The molecule has 1 amide bonds. The van der Waals surface area contributed by atoms with Gasteiger partial charge in [0.25, 0.3) is 5.91 Å². The van der Waals surface area contributed by atoms with Crippen LogP contribution in [0.4, 0.5) is 0 Å². The molecule has 0 aliphatic heterocycles. The average molecular weight is 307 g/mol. The summed E-state index contributed by atoms with van der Waals surface area (Å²) in [5.41, 5.74) is 0.599. The van der Waals surface area contributed by atoms with E-state index in [9.17, 15) is 14.4 Å². The lowest BCUT2D eigenvalue weighted by atomic mass is 10.1. The van der Waals surface area contributed by atoms with E-state index < -0.39 is 12.1 Å². The van der Waals surface area contributed by atoms with Crippen molar-refractivity contribution in [1.29, 1.82) is 0 Å². The molecule has 0 bridgehead atoms. The molecule has 1 atom stereocenters. The fourth-order valence-electron chi connectivity index (χ4n) is 1.69. The first kappa shape index (κ1) is 17.7. The molecule has 0 saturated heterocycles. The maximum Gasteiger partial charge on any atom is 0.344 e. The Bertz CT molecular complexity index is 524. The van der Waals surface area contributed by atoms with Crippen molar-refractivity contribution < 1.29 is 23.9 Å². The highest BCUT2D eigenvalue weighted by Crippen LogP contribution is 2.13. The number of hydrogen-bond donors (Lipinski definition) is 1. The molecule has 0 saturated carbocycles. The number of ketones is 1. The minimum Gasteiger partial charge on any atom is -0.482 e. The molecule has 0 aliphatic carbocycles. The van der Waals surface area contributed by atoms with Crippen LogP contribution in [-0.4, -0.2) is 36.9 Å². The van der Waals surface area contributed by atoms with Crippen LogP contribution >= 0.6 is 0 Å². The third kappa shape index (κ3) is 5.55. The second kappa shape index (κ2) is 8.81. The van der Waals surface area contributed by atoms with E-state index in [4.69, 9.17) is 9.47 Å². The predicted octanol–water partition coefficient (Wildman–Crippen LogP) is 1.73. The van der Waals surface area contributed by atoms with Crippen molar-refractivity contribution in [1.82, 2.24) is 5.32 Å². The first-order chi connectivity index (χ1) is 10.5. The molecule has 0 fully saturated rings. The van der Waals surface area contributed by atoms with Crippen molar-refractivity contribution in [2.45, 2.75) is 33.3 Å². The van der Waals surface area contributed by atoms with E-state index in [1.165, 1.54) is 6.92 Å². The highest BCUT2D eigenvalue weighted by atomic mass is 16.6. The summed E-state index contributed by atoms with van der Waals surface area (Å²) in [7, 11) is 0. The van der Waals surface area contributed by atoms with Gasteiger partial charge in [-0.1, -0.05) is 6.92 Å². The summed E-state index contributed by atoms with van der Waals surface area (Å²) in [4.78, 5) is 34.5. The zero-order valence-electron chi connectivity index (χ0n) is 13.0. The van der Waals surface area contributed by atoms with Crippen LogP contribution in [0.15, 0.2) is 24.3 Å². The number of rotatable bonds is 8. The molecule has 0 radical (unpaired) electrons. The Balaban J connectivity index is 2.44. The van der Waals surface area contributed by atoms with Gasteiger partial charge in [-0.25, -0.2) is 4.79 Å². The summed E-state index contributed by atoms with van der Waals surface area (Å²) in [5.74, 6) is -0.484. The maximum absolute atomic E-state index is 11.6. The third-order valence-corrected chi connectivity index (χ3v) is 2.88. The molecule has 1 aromatic rings. The fourth-order valence-corrected chi connectivity index (χ4v) is 1.69. The number of carbonyl (C=O) groups excluding carboxylic acids is 3. The van der Waals surface area contributed by atoms with Gasteiger partial charge in [0.15, 0.2) is 18.5 Å². The van der Waals surface area contributed by atoms with E-state index in [0.29, 0.717) is 24.3 Å². The number of amides is 1. The molecule has 0 heterocycles. The van der Waals surface area contributed by atoms with Gasteiger partial charge in [-0.2, -0.15) is 0 Å². The number of likely N-dealkylation sites (N-methyl/N-ethyl adjacent to an activating group) is 1. The van der Waals surface area contributed by atoms with Crippen LogP contribution in [-0.2, 0) is 14.3 Å². The number of nitrogens with one attached hydrogen (secondary N) is 1. The molecule has 1 aromatic carbocycles. The van der Waals surface area contributed by atoms with Crippen LogP contribution in [0.5, 0.6) is 5.75 Å². The number of hydrogen-bond acceptors (Lipinski definition) is 5. The number of ether oxygens (including phenoxy) is 2. The summed E-state index contributed by atoms with van der Waals surface area (Å²) < 4.78 is 10.2. The van der Waals surface area contributed by atoms with Crippen molar-refractivity contribution in [2.24, 2.45) is 0 Å². The monoisotopic (exact) mass is 307 g/mol. The van der Waals surface area contributed by atoms with Gasteiger partial charge in [-0.15, -0.1) is 0 Å². The molecule has 6 nitrogen and oxygen atoms in total. The highest BCUT2D eigenvalue weighted by molar-refractivity contribution is 5.95. The van der Waals surface area contributed by atoms with E-state index in [1.54, 1.807) is 38.1 Å². The number of benzene rings is 1. The van der Waals surface area contributed by atoms with Crippen molar-refractivity contribution >= 4 is 17.7 Å². The summed E-state index contributed by atoms with van der Waals surface area (Å²) in [6, 6.07) is 6.51. The van der Waals surface area contributed by atoms with Gasteiger partial charge < -0.3 is 14.8 Å². The fraction of sp³-hybridized carbons (Fsp3) is 0.438.